The van der Waals surface area contributed by atoms with Crippen LogP contribution in [0.1, 0.15) is 5.56 Å². The third-order valence-electron chi connectivity index (χ3n) is 5.99. The molecule has 9 heteroatoms. The number of amides is 1. The largest absolute Gasteiger partial charge is 0.494 e. The summed E-state index contributed by atoms with van der Waals surface area (Å²) in [4.78, 5) is 25.4. The first-order chi connectivity index (χ1) is 15.7. The fourth-order valence-electron chi connectivity index (χ4n) is 4.06. The highest BCUT2D eigenvalue weighted by Crippen LogP contribution is 2.35. The molecule has 0 bridgehead atoms. The normalized spacial score (nSPS) is 18.4. The molecule has 2 aromatic carbocycles. The highest BCUT2D eigenvalue weighted by atomic mass is 28.3. The Kier molecular flexibility index (Phi) is 6.07. The maximum Gasteiger partial charge on any atom is 0.289 e. The van der Waals surface area contributed by atoms with Crippen molar-refractivity contribution in [3.63, 3.8) is 0 Å². The van der Waals surface area contributed by atoms with E-state index in [0.29, 0.717) is 22.9 Å². The molecule has 0 fully saturated rings. The van der Waals surface area contributed by atoms with Crippen molar-refractivity contribution in [2.75, 3.05) is 31.4 Å². The van der Waals surface area contributed by atoms with Crippen LogP contribution < -0.4 is 30.0 Å². The first-order valence-electron chi connectivity index (χ1n) is 10.7. The lowest BCUT2D eigenvalue weighted by Crippen LogP contribution is -2.47. The molecule has 2 aliphatic rings. The third-order valence-corrected chi connectivity index (χ3v) is 9.36. The van der Waals surface area contributed by atoms with Crippen LogP contribution in [0.5, 0.6) is 17.2 Å². The van der Waals surface area contributed by atoms with Crippen molar-refractivity contribution >= 4 is 36.3 Å². The Morgan fingerprint density at radius 2 is 1.85 bits per heavy atom. The first kappa shape index (κ1) is 22.7. The number of anilines is 2. The molecule has 33 heavy (non-hydrogen) atoms. The Morgan fingerprint density at radius 3 is 2.52 bits per heavy atom. The number of methoxy groups -OCH3 is 2. The van der Waals surface area contributed by atoms with Gasteiger partial charge in [0.1, 0.15) is 22.9 Å². The molecule has 2 aromatic rings. The molecule has 1 atom stereocenters. The average Bonchev–Trinajstić information content (AvgIpc) is 3.14. The number of hydrogen-bond donors (Lipinski definition) is 2. The summed E-state index contributed by atoms with van der Waals surface area (Å²) in [5, 5.41) is 7.41. The lowest BCUT2D eigenvalue weighted by atomic mass is 10.2. The molecule has 0 radical (unpaired) electrons. The van der Waals surface area contributed by atoms with Crippen LogP contribution in [-0.2, 0) is 14.3 Å². The average molecular weight is 469 g/mol. The standard InChI is InChI=1S/C24H28N2O6Si/c1-14-11-15-20(33(4,5)10-9-25-15)13-19(14)31-21-12-16(27)23(32-21)24(28)26-22-17(29-2)7-6-8-18(22)30-3/h6-8,11-13,23,25H,9-10H2,1-5H3,(H,26,28). The molecular formula is C24H28N2O6Si. The Labute approximate surface area is 193 Å². The zero-order valence-corrected chi connectivity index (χ0v) is 20.4. The summed E-state index contributed by atoms with van der Waals surface area (Å²) in [5.74, 6) is 0.286. The number of rotatable bonds is 6. The monoisotopic (exact) mass is 468 g/mol. The number of carbonyl (C=O) groups is 2. The Morgan fingerprint density at radius 1 is 1.15 bits per heavy atom. The van der Waals surface area contributed by atoms with E-state index < -0.39 is 25.9 Å². The van der Waals surface area contributed by atoms with E-state index in [1.54, 1.807) is 18.2 Å². The number of nitrogens with one attached hydrogen (secondary N) is 2. The predicted molar refractivity (Wildman–Crippen MR) is 128 cm³/mol. The van der Waals surface area contributed by atoms with Crippen molar-refractivity contribution in [1.29, 1.82) is 0 Å². The summed E-state index contributed by atoms with van der Waals surface area (Å²) in [6.45, 7) is 7.57. The Hall–Kier alpha value is -3.46. The molecule has 8 nitrogen and oxygen atoms in total. The van der Waals surface area contributed by atoms with Gasteiger partial charge in [0.25, 0.3) is 11.9 Å². The van der Waals surface area contributed by atoms with E-state index in [-0.39, 0.29) is 5.95 Å². The first-order valence-corrected chi connectivity index (χ1v) is 13.9. The number of fused-ring (bicyclic) bond motifs is 1. The van der Waals surface area contributed by atoms with Crippen LogP contribution in [0.4, 0.5) is 11.4 Å². The molecule has 4 rings (SSSR count). The van der Waals surface area contributed by atoms with Crippen molar-refractivity contribution in [3.8, 4) is 17.2 Å². The van der Waals surface area contributed by atoms with Crippen LogP contribution in [0.2, 0.25) is 19.1 Å². The summed E-state index contributed by atoms with van der Waals surface area (Å²) in [6, 6.07) is 10.3. The van der Waals surface area contributed by atoms with E-state index in [2.05, 4.69) is 29.8 Å². The molecule has 0 saturated heterocycles. The van der Waals surface area contributed by atoms with Crippen molar-refractivity contribution in [1.82, 2.24) is 0 Å². The van der Waals surface area contributed by atoms with E-state index >= 15 is 0 Å². The van der Waals surface area contributed by atoms with E-state index in [1.165, 1.54) is 25.5 Å². The molecule has 2 N–H and O–H groups in total. The number of benzene rings is 2. The zero-order chi connectivity index (χ0) is 23.8. The van der Waals surface area contributed by atoms with E-state index in [0.717, 1.165) is 23.8 Å². The van der Waals surface area contributed by atoms with Gasteiger partial charge in [-0.15, -0.1) is 0 Å². The summed E-state index contributed by atoms with van der Waals surface area (Å²) in [5.41, 5.74) is 2.38. The second kappa shape index (κ2) is 8.82. The smallest absolute Gasteiger partial charge is 0.289 e. The van der Waals surface area contributed by atoms with Gasteiger partial charge >= 0.3 is 0 Å². The van der Waals surface area contributed by atoms with Gasteiger partial charge in [-0.2, -0.15) is 0 Å². The highest BCUT2D eigenvalue weighted by molar-refractivity contribution is 6.91. The maximum atomic E-state index is 12.8. The molecule has 1 unspecified atom stereocenters. The number of aryl methyl sites for hydroxylation is 1. The Bertz CT molecular complexity index is 1120. The summed E-state index contributed by atoms with van der Waals surface area (Å²) in [6.07, 6.45) is -0.149. The zero-order valence-electron chi connectivity index (χ0n) is 19.4. The molecular weight excluding hydrogens is 440 g/mol. The molecule has 1 amide bonds. The molecule has 174 valence electrons. The van der Waals surface area contributed by atoms with Crippen molar-refractivity contribution in [3.05, 3.63) is 47.9 Å². The van der Waals surface area contributed by atoms with Crippen molar-refractivity contribution in [2.45, 2.75) is 32.2 Å². The van der Waals surface area contributed by atoms with Gasteiger partial charge in [0, 0.05) is 12.2 Å². The topological polar surface area (TPSA) is 95.1 Å². The minimum absolute atomic E-state index is 0.00145. The van der Waals surface area contributed by atoms with Crippen LogP contribution in [0.3, 0.4) is 0 Å². The number of ketones is 1. The highest BCUT2D eigenvalue weighted by Gasteiger charge is 2.37. The lowest BCUT2D eigenvalue weighted by Gasteiger charge is -2.32. The maximum absolute atomic E-state index is 12.8. The molecule has 0 spiro atoms. The minimum atomic E-state index is -1.59. The lowest BCUT2D eigenvalue weighted by molar-refractivity contribution is -0.134. The second-order valence-corrected chi connectivity index (χ2v) is 13.5. The van der Waals surface area contributed by atoms with Gasteiger partial charge in [-0.05, 0) is 48.0 Å². The van der Waals surface area contributed by atoms with Gasteiger partial charge in [0.15, 0.2) is 0 Å². The van der Waals surface area contributed by atoms with Crippen LogP contribution in [-0.4, -0.2) is 46.6 Å². The van der Waals surface area contributed by atoms with Gasteiger partial charge in [0.2, 0.25) is 11.9 Å². The van der Waals surface area contributed by atoms with E-state index in [9.17, 15) is 9.59 Å². The molecule has 2 heterocycles. The third kappa shape index (κ3) is 4.41. The number of ether oxygens (including phenoxy) is 4. The molecule has 0 aromatic heterocycles. The van der Waals surface area contributed by atoms with Gasteiger partial charge in [0.05, 0.1) is 28.4 Å². The number of carbonyl (C=O) groups excluding carboxylic acids is 2. The number of para-hydroxylation sites is 1. The van der Waals surface area contributed by atoms with E-state index in [4.69, 9.17) is 18.9 Å². The van der Waals surface area contributed by atoms with Crippen LogP contribution >= 0.6 is 0 Å². The Balaban J connectivity index is 1.51. The summed E-state index contributed by atoms with van der Waals surface area (Å²) < 4.78 is 22.1. The van der Waals surface area contributed by atoms with Crippen molar-refractivity contribution in [2.24, 2.45) is 0 Å². The molecule has 0 saturated carbocycles. The summed E-state index contributed by atoms with van der Waals surface area (Å²) >= 11 is 0. The van der Waals surface area contributed by atoms with E-state index in [1.807, 2.05) is 13.0 Å². The van der Waals surface area contributed by atoms with Gasteiger partial charge in [-0.25, -0.2) is 0 Å². The second-order valence-electron chi connectivity index (χ2n) is 8.72. The SMILES string of the molecule is COc1cccc(OC)c1NC(=O)C1OC(Oc2cc3c(cc2C)NCC[Si]3(C)C)=CC1=O. The van der Waals surface area contributed by atoms with Gasteiger partial charge < -0.3 is 29.6 Å². The molecule has 2 aliphatic heterocycles. The quantitative estimate of drug-likeness (QED) is 0.497. The fraction of sp³-hybridized carbons (Fsp3) is 0.333. The van der Waals surface area contributed by atoms with Crippen LogP contribution in [0.25, 0.3) is 0 Å². The molecule has 0 aliphatic carbocycles. The fourth-order valence-corrected chi connectivity index (χ4v) is 6.49. The van der Waals surface area contributed by atoms with Crippen molar-refractivity contribution < 1.29 is 28.5 Å². The van der Waals surface area contributed by atoms with Crippen LogP contribution in [0, 0.1) is 6.92 Å². The summed E-state index contributed by atoms with van der Waals surface area (Å²) in [7, 11) is 1.38. The van der Waals surface area contributed by atoms with Crippen LogP contribution in [0.15, 0.2) is 42.4 Å². The minimum Gasteiger partial charge on any atom is -0.494 e. The van der Waals surface area contributed by atoms with Gasteiger partial charge in [-0.1, -0.05) is 19.2 Å². The number of hydrogen-bond acceptors (Lipinski definition) is 7. The van der Waals surface area contributed by atoms with Gasteiger partial charge in [-0.3, -0.25) is 9.59 Å². The predicted octanol–water partition coefficient (Wildman–Crippen LogP) is 3.18.